The molecule has 1 aromatic heterocycles. The molecule has 0 saturated heterocycles. The van der Waals surface area contributed by atoms with Gasteiger partial charge in [0, 0.05) is 10.5 Å². The third-order valence-electron chi connectivity index (χ3n) is 2.79. The van der Waals surface area contributed by atoms with Crippen LogP contribution in [0.25, 0.3) is 0 Å². The Morgan fingerprint density at radius 1 is 1.38 bits per heavy atom. The molecule has 108 valence electrons. The van der Waals surface area contributed by atoms with Crippen molar-refractivity contribution < 1.29 is 9.72 Å². The van der Waals surface area contributed by atoms with Crippen LogP contribution < -0.4 is 11.1 Å². The van der Waals surface area contributed by atoms with Gasteiger partial charge in [0.2, 0.25) is 0 Å². The molecule has 1 amide bonds. The van der Waals surface area contributed by atoms with Gasteiger partial charge in [-0.05, 0) is 41.1 Å². The number of rotatable bonds is 3. The highest BCUT2D eigenvalue weighted by atomic mass is 79.9. The van der Waals surface area contributed by atoms with E-state index in [1.807, 2.05) is 0 Å². The second-order valence-corrected chi connectivity index (χ2v) is 5.07. The highest BCUT2D eigenvalue weighted by Gasteiger charge is 2.19. The number of carbonyl (C=O) groups excluding carboxylic acids is 1. The number of aryl methyl sites for hydroxylation is 1. The monoisotopic (exact) mass is 350 g/mol. The van der Waals surface area contributed by atoms with Crippen LogP contribution in [0.15, 0.2) is 34.8 Å². The van der Waals surface area contributed by atoms with Crippen LogP contribution in [0.2, 0.25) is 0 Å². The largest absolute Gasteiger partial charge is 0.393 e. The summed E-state index contributed by atoms with van der Waals surface area (Å²) in [5.41, 5.74) is 5.93. The normalized spacial score (nSPS) is 10.2. The zero-order valence-electron chi connectivity index (χ0n) is 11.0. The van der Waals surface area contributed by atoms with Gasteiger partial charge in [-0.15, -0.1) is 0 Å². The van der Waals surface area contributed by atoms with E-state index in [0.29, 0.717) is 11.5 Å². The molecular formula is C13H11BrN4O3. The summed E-state index contributed by atoms with van der Waals surface area (Å²) in [7, 11) is 0. The molecule has 0 fully saturated rings. The van der Waals surface area contributed by atoms with Crippen molar-refractivity contribution in [2.24, 2.45) is 0 Å². The summed E-state index contributed by atoms with van der Waals surface area (Å²) in [5.74, 6) is -0.211. The molecule has 0 aliphatic carbocycles. The summed E-state index contributed by atoms with van der Waals surface area (Å²) in [4.78, 5) is 26.5. The maximum absolute atomic E-state index is 12.1. The van der Waals surface area contributed by atoms with E-state index in [9.17, 15) is 14.9 Å². The molecule has 7 nitrogen and oxygen atoms in total. The van der Waals surface area contributed by atoms with Crippen molar-refractivity contribution in [1.82, 2.24) is 4.98 Å². The maximum atomic E-state index is 12.1. The van der Waals surface area contributed by atoms with E-state index < -0.39 is 10.8 Å². The van der Waals surface area contributed by atoms with Gasteiger partial charge in [-0.1, -0.05) is 6.07 Å². The Labute approximate surface area is 128 Å². The number of benzene rings is 1. The van der Waals surface area contributed by atoms with Crippen LogP contribution in [0, 0.1) is 17.0 Å². The molecule has 0 radical (unpaired) electrons. The van der Waals surface area contributed by atoms with E-state index in [1.165, 1.54) is 18.2 Å². The Morgan fingerprint density at radius 3 is 2.71 bits per heavy atom. The average Bonchev–Trinajstić information content (AvgIpc) is 2.42. The van der Waals surface area contributed by atoms with E-state index >= 15 is 0 Å². The van der Waals surface area contributed by atoms with Gasteiger partial charge in [0.15, 0.2) is 0 Å². The lowest BCUT2D eigenvalue weighted by Crippen LogP contribution is -2.15. The van der Waals surface area contributed by atoms with Crippen molar-refractivity contribution in [3.63, 3.8) is 0 Å². The molecule has 0 bridgehead atoms. The van der Waals surface area contributed by atoms with Crippen LogP contribution in [-0.4, -0.2) is 15.8 Å². The molecule has 8 heteroatoms. The number of anilines is 2. The number of halogens is 1. The number of nitrogen functional groups attached to an aromatic ring is 1. The number of aromatic nitrogens is 1. The number of nitrogens with two attached hydrogens (primary N) is 1. The van der Waals surface area contributed by atoms with Gasteiger partial charge in [-0.3, -0.25) is 14.9 Å². The van der Waals surface area contributed by atoms with Crippen LogP contribution in [-0.2, 0) is 0 Å². The van der Waals surface area contributed by atoms with Gasteiger partial charge >= 0.3 is 0 Å². The van der Waals surface area contributed by atoms with Crippen LogP contribution in [0.4, 0.5) is 17.2 Å². The van der Waals surface area contributed by atoms with Crippen molar-refractivity contribution in [3.05, 3.63) is 56.2 Å². The Bertz CT molecular complexity index is 733. The predicted molar refractivity (Wildman–Crippen MR) is 82.1 cm³/mol. The van der Waals surface area contributed by atoms with Crippen molar-refractivity contribution in [2.45, 2.75) is 6.92 Å². The van der Waals surface area contributed by atoms with Gasteiger partial charge in [0.05, 0.1) is 16.2 Å². The highest BCUT2D eigenvalue weighted by molar-refractivity contribution is 9.10. The summed E-state index contributed by atoms with van der Waals surface area (Å²) >= 11 is 3.31. The third-order valence-corrected chi connectivity index (χ3v) is 3.63. The lowest BCUT2D eigenvalue weighted by Gasteiger charge is -2.08. The molecule has 0 saturated carbocycles. The Morgan fingerprint density at radius 2 is 2.10 bits per heavy atom. The minimum absolute atomic E-state index is 0.0339. The molecule has 0 aliphatic heterocycles. The van der Waals surface area contributed by atoms with Crippen molar-refractivity contribution in [2.75, 3.05) is 11.1 Å². The number of pyridine rings is 1. The molecule has 0 atom stereocenters. The number of hydrogen-bond donors (Lipinski definition) is 2. The van der Waals surface area contributed by atoms with Gasteiger partial charge in [0.25, 0.3) is 11.6 Å². The second-order valence-electron chi connectivity index (χ2n) is 4.21. The highest BCUT2D eigenvalue weighted by Crippen LogP contribution is 2.25. The van der Waals surface area contributed by atoms with Crippen molar-refractivity contribution in [3.8, 4) is 0 Å². The number of nitrogens with one attached hydrogen (secondary N) is 1. The molecule has 21 heavy (non-hydrogen) atoms. The fourth-order valence-corrected chi connectivity index (χ4v) is 1.93. The number of para-hydroxylation sites is 1. The molecule has 0 unspecified atom stereocenters. The maximum Gasteiger partial charge on any atom is 0.292 e. The summed E-state index contributed by atoms with van der Waals surface area (Å²) in [6, 6.07) is 7.43. The predicted octanol–water partition coefficient (Wildman–Crippen LogP) is 2.90. The van der Waals surface area contributed by atoms with E-state index in [4.69, 9.17) is 5.73 Å². The quantitative estimate of drug-likeness (QED) is 0.502. The molecule has 0 aliphatic rings. The molecule has 2 aromatic rings. The average molecular weight is 351 g/mol. The summed E-state index contributed by atoms with van der Waals surface area (Å²) in [6.45, 7) is 1.78. The Kier molecular flexibility index (Phi) is 4.18. The lowest BCUT2D eigenvalue weighted by molar-refractivity contribution is -0.383. The molecule has 1 heterocycles. The molecular weight excluding hydrogens is 340 g/mol. The molecule has 2 rings (SSSR count). The van der Waals surface area contributed by atoms with E-state index in [-0.39, 0.29) is 16.9 Å². The SMILES string of the molecule is Cc1nc(NC(=O)c2cccc([N+](=O)[O-])c2N)ccc1Br. The smallest absolute Gasteiger partial charge is 0.292 e. The second kappa shape index (κ2) is 5.88. The zero-order chi connectivity index (χ0) is 15.6. The van der Waals surface area contributed by atoms with Crippen molar-refractivity contribution >= 4 is 39.0 Å². The first kappa shape index (κ1) is 14.9. The lowest BCUT2D eigenvalue weighted by atomic mass is 10.1. The number of nitro benzene ring substituents is 1. The third kappa shape index (κ3) is 3.16. The van der Waals surface area contributed by atoms with Crippen LogP contribution in [0.3, 0.4) is 0 Å². The minimum Gasteiger partial charge on any atom is -0.393 e. The number of nitrogens with zero attached hydrogens (tertiary/aromatic N) is 2. The van der Waals surface area contributed by atoms with Gasteiger partial charge in [0.1, 0.15) is 11.5 Å². The first-order valence-electron chi connectivity index (χ1n) is 5.87. The fourth-order valence-electron chi connectivity index (χ4n) is 1.71. The number of amides is 1. The topological polar surface area (TPSA) is 111 Å². The number of hydrogen-bond acceptors (Lipinski definition) is 5. The standard InChI is InChI=1S/C13H11BrN4O3/c1-7-9(14)5-6-11(16-7)17-13(19)8-3-2-4-10(12(8)15)18(20)21/h2-6H,15H2,1H3,(H,16,17,19). The minimum atomic E-state index is -0.631. The summed E-state index contributed by atoms with van der Waals surface area (Å²) in [6.07, 6.45) is 0. The first-order chi connectivity index (χ1) is 9.90. The Hall–Kier alpha value is -2.48. The van der Waals surface area contributed by atoms with E-state index in [0.717, 1.165) is 4.47 Å². The summed E-state index contributed by atoms with van der Waals surface area (Å²) < 4.78 is 0.815. The number of carbonyl (C=O) groups is 1. The van der Waals surface area contributed by atoms with Crippen molar-refractivity contribution in [1.29, 1.82) is 0 Å². The zero-order valence-corrected chi connectivity index (χ0v) is 12.5. The molecule has 1 aromatic carbocycles. The molecule has 3 N–H and O–H groups in total. The molecule has 0 spiro atoms. The fraction of sp³-hybridized carbons (Fsp3) is 0.0769. The van der Waals surface area contributed by atoms with E-state index in [2.05, 4.69) is 26.2 Å². The number of nitro groups is 1. The van der Waals surface area contributed by atoms with E-state index in [1.54, 1.807) is 19.1 Å². The van der Waals surface area contributed by atoms with Gasteiger partial charge < -0.3 is 11.1 Å². The van der Waals surface area contributed by atoms with Gasteiger partial charge in [-0.25, -0.2) is 4.98 Å². The first-order valence-corrected chi connectivity index (χ1v) is 6.67. The van der Waals surface area contributed by atoms with Crippen LogP contribution in [0.5, 0.6) is 0 Å². The Balaban J connectivity index is 2.30. The van der Waals surface area contributed by atoms with Crippen LogP contribution >= 0.6 is 15.9 Å². The van der Waals surface area contributed by atoms with Gasteiger partial charge in [-0.2, -0.15) is 0 Å². The van der Waals surface area contributed by atoms with Crippen LogP contribution in [0.1, 0.15) is 16.1 Å². The summed E-state index contributed by atoms with van der Waals surface area (Å²) in [5, 5.41) is 13.4.